The predicted molar refractivity (Wildman–Crippen MR) is 94.6 cm³/mol. The van der Waals surface area contributed by atoms with Gasteiger partial charge in [0.2, 0.25) is 5.82 Å². The van der Waals surface area contributed by atoms with Crippen molar-refractivity contribution in [2.75, 3.05) is 19.0 Å². The van der Waals surface area contributed by atoms with Crippen LogP contribution in [0.4, 0.5) is 5.82 Å². The number of nitrogens with zero attached hydrogens (tertiary/aromatic N) is 2. The summed E-state index contributed by atoms with van der Waals surface area (Å²) in [4.78, 5) is 12.1. The molecular weight excluding hydrogens is 390 g/mol. The van der Waals surface area contributed by atoms with Gasteiger partial charge < -0.3 is 14.8 Å². The molecule has 0 atom stereocenters. The van der Waals surface area contributed by atoms with Crippen LogP contribution in [0.5, 0.6) is 11.5 Å². The Morgan fingerprint density at radius 1 is 1.12 bits per heavy atom. The highest BCUT2D eigenvalue weighted by molar-refractivity contribution is 9.10. The number of amides is 1. The van der Waals surface area contributed by atoms with E-state index in [0.29, 0.717) is 17.2 Å². The summed E-state index contributed by atoms with van der Waals surface area (Å²) in [7, 11) is 1.54. The summed E-state index contributed by atoms with van der Waals surface area (Å²) in [5.74, 6) is 0.872. The van der Waals surface area contributed by atoms with Gasteiger partial charge in [0.15, 0.2) is 23.8 Å². The SMILES string of the molecule is COc1ccccc1OCC(=O)Nc1nonc1-c1ccc(Br)cc1. The Balaban J connectivity index is 1.66. The molecule has 1 heterocycles. The van der Waals surface area contributed by atoms with Crippen LogP contribution < -0.4 is 14.8 Å². The van der Waals surface area contributed by atoms with E-state index in [-0.39, 0.29) is 18.3 Å². The van der Waals surface area contributed by atoms with Crippen molar-refractivity contribution in [2.45, 2.75) is 0 Å². The minimum absolute atomic E-state index is 0.201. The number of carbonyl (C=O) groups excluding carboxylic acids is 1. The van der Waals surface area contributed by atoms with E-state index < -0.39 is 0 Å². The maximum atomic E-state index is 12.1. The molecule has 0 fully saturated rings. The van der Waals surface area contributed by atoms with E-state index in [0.717, 1.165) is 10.0 Å². The number of carbonyl (C=O) groups is 1. The molecule has 0 bridgehead atoms. The van der Waals surface area contributed by atoms with Gasteiger partial charge in [-0.2, -0.15) is 0 Å². The summed E-state index contributed by atoms with van der Waals surface area (Å²) in [6.45, 7) is -0.201. The second-order valence-corrected chi connectivity index (χ2v) is 5.87. The van der Waals surface area contributed by atoms with E-state index in [1.165, 1.54) is 7.11 Å². The van der Waals surface area contributed by atoms with Gasteiger partial charge in [0.05, 0.1) is 7.11 Å². The topological polar surface area (TPSA) is 86.5 Å². The summed E-state index contributed by atoms with van der Waals surface area (Å²) in [5.41, 5.74) is 1.21. The minimum atomic E-state index is -0.389. The van der Waals surface area contributed by atoms with E-state index in [1.54, 1.807) is 18.2 Å². The first-order valence-electron chi connectivity index (χ1n) is 7.31. The van der Waals surface area contributed by atoms with Crippen LogP contribution in [0.3, 0.4) is 0 Å². The maximum absolute atomic E-state index is 12.1. The van der Waals surface area contributed by atoms with E-state index in [2.05, 4.69) is 31.6 Å². The predicted octanol–water partition coefficient (Wildman–Crippen LogP) is 3.53. The van der Waals surface area contributed by atoms with Crippen molar-refractivity contribution < 1.29 is 18.9 Å². The number of hydrogen-bond acceptors (Lipinski definition) is 6. The normalized spacial score (nSPS) is 10.3. The Bertz CT molecular complexity index is 864. The fourth-order valence-electron chi connectivity index (χ4n) is 2.12. The van der Waals surface area contributed by atoms with Crippen LogP contribution in [0.2, 0.25) is 0 Å². The summed E-state index contributed by atoms with van der Waals surface area (Å²) < 4.78 is 16.3. The summed E-state index contributed by atoms with van der Waals surface area (Å²) >= 11 is 3.37. The van der Waals surface area contributed by atoms with Crippen LogP contribution in [0.15, 0.2) is 57.6 Å². The lowest BCUT2D eigenvalue weighted by Crippen LogP contribution is -2.20. The number of methoxy groups -OCH3 is 1. The Morgan fingerprint density at radius 2 is 1.84 bits per heavy atom. The third-order valence-corrected chi connectivity index (χ3v) is 3.82. The zero-order valence-corrected chi connectivity index (χ0v) is 14.8. The number of rotatable bonds is 6. The van der Waals surface area contributed by atoms with E-state index in [4.69, 9.17) is 14.1 Å². The first kappa shape index (κ1) is 17.0. The minimum Gasteiger partial charge on any atom is -0.493 e. The molecule has 1 amide bonds. The number of halogens is 1. The molecule has 128 valence electrons. The summed E-state index contributed by atoms with van der Waals surface area (Å²) in [6, 6.07) is 14.5. The summed E-state index contributed by atoms with van der Waals surface area (Å²) in [5, 5.41) is 10.2. The zero-order chi connectivity index (χ0) is 17.6. The molecule has 0 unspecified atom stereocenters. The van der Waals surface area contributed by atoms with E-state index >= 15 is 0 Å². The molecule has 0 aliphatic heterocycles. The van der Waals surface area contributed by atoms with Gasteiger partial charge in [-0.25, -0.2) is 4.63 Å². The molecule has 0 saturated carbocycles. The first-order chi connectivity index (χ1) is 12.2. The molecule has 25 heavy (non-hydrogen) atoms. The lowest BCUT2D eigenvalue weighted by molar-refractivity contribution is -0.118. The highest BCUT2D eigenvalue weighted by Gasteiger charge is 2.16. The van der Waals surface area contributed by atoms with Gasteiger partial charge in [0, 0.05) is 10.0 Å². The smallest absolute Gasteiger partial charge is 0.263 e. The molecule has 8 heteroatoms. The quantitative estimate of drug-likeness (QED) is 0.677. The van der Waals surface area contributed by atoms with Gasteiger partial charge in [-0.3, -0.25) is 4.79 Å². The Morgan fingerprint density at radius 3 is 2.56 bits per heavy atom. The number of anilines is 1. The van der Waals surface area contributed by atoms with Crippen LogP contribution >= 0.6 is 15.9 Å². The first-order valence-corrected chi connectivity index (χ1v) is 8.11. The number of nitrogens with one attached hydrogen (secondary N) is 1. The molecule has 0 radical (unpaired) electrons. The van der Waals surface area contributed by atoms with E-state index in [1.807, 2.05) is 30.3 Å². The van der Waals surface area contributed by atoms with Crippen LogP contribution in [0, 0.1) is 0 Å². The van der Waals surface area contributed by atoms with E-state index in [9.17, 15) is 4.79 Å². The molecule has 0 aliphatic carbocycles. The molecule has 3 aromatic rings. The standard InChI is InChI=1S/C17H14BrN3O4/c1-23-13-4-2-3-5-14(13)24-10-15(22)19-17-16(20-25-21-17)11-6-8-12(18)9-7-11/h2-9H,10H2,1H3,(H,19,21,22). The Labute approximate surface area is 152 Å². The monoisotopic (exact) mass is 403 g/mol. The van der Waals surface area contributed by atoms with Crippen molar-refractivity contribution in [1.82, 2.24) is 10.3 Å². The fourth-order valence-corrected chi connectivity index (χ4v) is 2.38. The summed E-state index contributed by atoms with van der Waals surface area (Å²) in [6.07, 6.45) is 0. The second-order valence-electron chi connectivity index (χ2n) is 4.96. The molecular formula is C17H14BrN3O4. The lowest BCUT2D eigenvalue weighted by atomic mass is 10.1. The van der Waals surface area contributed by atoms with Gasteiger partial charge in [-0.1, -0.05) is 40.2 Å². The molecule has 2 aromatic carbocycles. The molecule has 0 saturated heterocycles. The third kappa shape index (κ3) is 4.16. The van der Waals surface area contributed by atoms with Crippen molar-refractivity contribution in [3.05, 3.63) is 53.0 Å². The van der Waals surface area contributed by atoms with Crippen molar-refractivity contribution in [3.63, 3.8) is 0 Å². The Kier molecular flexibility index (Phi) is 5.30. The average molecular weight is 404 g/mol. The van der Waals surface area contributed by atoms with Gasteiger partial charge in [0.1, 0.15) is 0 Å². The number of para-hydroxylation sites is 2. The van der Waals surface area contributed by atoms with Gasteiger partial charge in [0.25, 0.3) is 5.91 Å². The van der Waals surface area contributed by atoms with Gasteiger partial charge in [-0.15, -0.1) is 0 Å². The van der Waals surface area contributed by atoms with Crippen LogP contribution in [-0.4, -0.2) is 29.9 Å². The van der Waals surface area contributed by atoms with Crippen molar-refractivity contribution in [2.24, 2.45) is 0 Å². The number of aromatic nitrogens is 2. The second kappa shape index (κ2) is 7.80. The zero-order valence-electron chi connectivity index (χ0n) is 13.2. The average Bonchev–Trinajstić information content (AvgIpc) is 3.09. The molecule has 1 N–H and O–H groups in total. The number of hydrogen-bond donors (Lipinski definition) is 1. The molecule has 3 rings (SSSR count). The molecule has 7 nitrogen and oxygen atoms in total. The van der Waals surface area contributed by atoms with Crippen LogP contribution in [0.25, 0.3) is 11.3 Å². The molecule has 0 aliphatic rings. The van der Waals surface area contributed by atoms with Crippen molar-refractivity contribution in [3.8, 4) is 22.8 Å². The van der Waals surface area contributed by atoms with Gasteiger partial charge in [-0.05, 0) is 34.6 Å². The van der Waals surface area contributed by atoms with Crippen LogP contribution in [-0.2, 0) is 4.79 Å². The number of benzene rings is 2. The van der Waals surface area contributed by atoms with Crippen LogP contribution in [0.1, 0.15) is 0 Å². The molecule has 0 spiro atoms. The largest absolute Gasteiger partial charge is 0.493 e. The highest BCUT2D eigenvalue weighted by Crippen LogP contribution is 2.27. The van der Waals surface area contributed by atoms with Crippen molar-refractivity contribution in [1.29, 1.82) is 0 Å². The highest BCUT2D eigenvalue weighted by atomic mass is 79.9. The fraction of sp³-hybridized carbons (Fsp3) is 0.118. The lowest BCUT2D eigenvalue weighted by Gasteiger charge is -2.09. The molecule has 1 aromatic heterocycles. The number of ether oxygens (including phenoxy) is 2. The Hall–Kier alpha value is -2.87. The van der Waals surface area contributed by atoms with Crippen molar-refractivity contribution >= 4 is 27.7 Å². The van der Waals surface area contributed by atoms with Gasteiger partial charge >= 0.3 is 0 Å². The third-order valence-electron chi connectivity index (χ3n) is 3.29. The maximum Gasteiger partial charge on any atom is 0.263 e.